The summed E-state index contributed by atoms with van der Waals surface area (Å²) in [6.07, 6.45) is 2.31. The maximum Gasteiger partial charge on any atom is 0.241 e. The lowest BCUT2D eigenvalue weighted by atomic mass is 9.97. The minimum absolute atomic E-state index is 0.189. The number of aryl methyl sites for hydroxylation is 1. The van der Waals surface area contributed by atoms with Gasteiger partial charge in [0.05, 0.1) is 24.2 Å². The van der Waals surface area contributed by atoms with E-state index in [0.29, 0.717) is 31.6 Å². The SMILES string of the molecule is CC(=O)N[C@@H]1[C@H](O)[C@@H](O)[C@H](Oc2ccc(C=CNC(=O)[C@H](Cc3cn(C)c4ccccc34)N[C@H](Cc3ccccc3)C(=O)NCCc3ccccc3)cc2)O[C@@H]1C. The molecule has 0 saturated carbocycles. The van der Waals surface area contributed by atoms with E-state index >= 15 is 0 Å². The molecule has 1 aliphatic rings. The molecule has 12 heteroatoms. The second-order valence-electron chi connectivity index (χ2n) is 14.4. The van der Waals surface area contributed by atoms with Gasteiger partial charge in [0.1, 0.15) is 18.0 Å². The Morgan fingerprint density at radius 1 is 0.825 bits per heavy atom. The van der Waals surface area contributed by atoms with E-state index in [0.717, 1.165) is 33.2 Å². The number of ether oxygens (including phenoxy) is 2. The predicted molar refractivity (Wildman–Crippen MR) is 219 cm³/mol. The van der Waals surface area contributed by atoms with Crippen LogP contribution in [-0.2, 0) is 45.4 Å². The highest BCUT2D eigenvalue weighted by atomic mass is 16.7. The molecule has 7 atom stereocenters. The molecule has 3 amide bonds. The van der Waals surface area contributed by atoms with Crippen molar-refractivity contribution in [3.8, 4) is 5.75 Å². The first kappa shape index (κ1) is 40.9. The largest absolute Gasteiger partial charge is 0.462 e. The van der Waals surface area contributed by atoms with Gasteiger partial charge in [0, 0.05) is 43.8 Å². The van der Waals surface area contributed by atoms with Gasteiger partial charge in [0.25, 0.3) is 0 Å². The topological polar surface area (TPSA) is 163 Å². The number of nitrogens with zero attached hydrogens (tertiary/aromatic N) is 1. The summed E-state index contributed by atoms with van der Waals surface area (Å²) in [4.78, 5) is 39.4. The third kappa shape index (κ3) is 11.0. The lowest BCUT2D eigenvalue weighted by Gasteiger charge is -2.41. The molecule has 298 valence electrons. The van der Waals surface area contributed by atoms with E-state index in [9.17, 15) is 24.6 Å². The first-order valence-corrected chi connectivity index (χ1v) is 19.2. The molecule has 0 spiro atoms. The number of para-hydroxylation sites is 1. The molecule has 6 N–H and O–H groups in total. The fourth-order valence-electron chi connectivity index (χ4n) is 7.13. The number of hydrogen-bond donors (Lipinski definition) is 6. The van der Waals surface area contributed by atoms with Crippen molar-refractivity contribution >= 4 is 34.7 Å². The molecule has 1 fully saturated rings. The number of rotatable bonds is 16. The summed E-state index contributed by atoms with van der Waals surface area (Å²) in [5.74, 6) is -0.445. The van der Waals surface area contributed by atoms with Crippen LogP contribution in [0.4, 0.5) is 0 Å². The monoisotopic (exact) mass is 773 g/mol. The van der Waals surface area contributed by atoms with Crippen LogP contribution in [0, 0.1) is 0 Å². The van der Waals surface area contributed by atoms with E-state index in [1.165, 1.54) is 6.92 Å². The molecule has 1 aliphatic heterocycles. The van der Waals surface area contributed by atoms with E-state index in [4.69, 9.17) is 9.47 Å². The third-order valence-electron chi connectivity index (χ3n) is 10.1. The van der Waals surface area contributed by atoms with Crippen molar-refractivity contribution in [2.75, 3.05) is 6.54 Å². The summed E-state index contributed by atoms with van der Waals surface area (Å²) < 4.78 is 13.7. The maximum atomic E-state index is 14.1. The molecule has 2 heterocycles. The van der Waals surface area contributed by atoms with Crippen LogP contribution in [0.2, 0.25) is 0 Å². The third-order valence-corrected chi connectivity index (χ3v) is 10.1. The van der Waals surface area contributed by atoms with Gasteiger partial charge in [0.15, 0.2) is 0 Å². The maximum absolute atomic E-state index is 14.1. The molecule has 1 saturated heterocycles. The van der Waals surface area contributed by atoms with Crippen LogP contribution >= 0.6 is 0 Å². The van der Waals surface area contributed by atoms with Gasteiger partial charge in [-0.2, -0.15) is 0 Å². The Kier molecular flexibility index (Phi) is 13.9. The molecule has 0 bridgehead atoms. The number of carbonyl (C=O) groups is 3. The average molecular weight is 774 g/mol. The highest BCUT2D eigenvalue weighted by Gasteiger charge is 2.44. The molecule has 0 unspecified atom stereocenters. The van der Waals surface area contributed by atoms with Gasteiger partial charge in [-0.25, -0.2) is 0 Å². The van der Waals surface area contributed by atoms with Crippen molar-refractivity contribution in [2.45, 2.75) is 75.8 Å². The molecule has 57 heavy (non-hydrogen) atoms. The van der Waals surface area contributed by atoms with E-state index < -0.39 is 42.7 Å². The summed E-state index contributed by atoms with van der Waals surface area (Å²) in [7, 11) is 1.98. The summed E-state index contributed by atoms with van der Waals surface area (Å²) >= 11 is 0. The molecular formula is C45H51N5O7. The van der Waals surface area contributed by atoms with Gasteiger partial charge >= 0.3 is 0 Å². The summed E-state index contributed by atoms with van der Waals surface area (Å²) in [6, 6.07) is 32.4. The Balaban J connectivity index is 1.15. The molecule has 12 nitrogen and oxygen atoms in total. The van der Waals surface area contributed by atoms with Crippen molar-refractivity contribution in [2.24, 2.45) is 7.05 Å². The molecule has 1 aromatic heterocycles. The Morgan fingerprint density at radius 3 is 2.18 bits per heavy atom. The minimum atomic E-state index is -1.39. The highest BCUT2D eigenvalue weighted by Crippen LogP contribution is 2.25. The van der Waals surface area contributed by atoms with Crippen LogP contribution in [0.3, 0.4) is 0 Å². The van der Waals surface area contributed by atoms with Gasteiger partial charge in [-0.05, 0) is 72.7 Å². The molecule has 5 aromatic rings. The molecule has 6 rings (SSSR count). The van der Waals surface area contributed by atoms with Crippen LogP contribution in [0.5, 0.6) is 5.75 Å². The van der Waals surface area contributed by atoms with Crippen LogP contribution in [0.1, 0.15) is 36.1 Å². The minimum Gasteiger partial charge on any atom is -0.462 e. The van der Waals surface area contributed by atoms with E-state index in [2.05, 4.69) is 21.3 Å². The summed E-state index contributed by atoms with van der Waals surface area (Å²) in [5, 5.41) is 34.3. The average Bonchev–Trinajstić information content (AvgIpc) is 3.53. The lowest BCUT2D eigenvalue weighted by molar-refractivity contribution is -0.242. The molecule has 0 radical (unpaired) electrons. The van der Waals surface area contributed by atoms with Crippen molar-refractivity contribution < 1.29 is 34.1 Å². The fourth-order valence-corrected chi connectivity index (χ4v) is 7.13. The van der Waals surface area contributed by atoms with Gasteiger partial charge in [-0.1, -0.05) is 91.0 Å². The predicted octanol–water partition coefficient (Wildman–Crippen LogP) is 3.79. The zero-order valence-corrected chi connectivity index (χ0v) is 32.4. The number of aromatic nitrogens is 1. The van der Waals surface area contributed by atoms with Crippen LogP contribution in [0.15, 0.2) is 122 Å². The van der Waals surface area contributed by atoms with E-state index in [-0.39, 0.29) is 17.7 Å². The Labute approximate surface area is 332 Å². The molecular weight excluding hydrogens is 723 g/mol. The highest BCUT2D eigenvalue weighted by molar-refractivity contribution is 5.88. The Hall–Kier alpha value is -5.79. The number of amides is 3. The standard InChI is InChI=1S/C45H51N5O7/c1-29-40(48-30(2)51)41(52)42(53)45(56-29)57-35-20-18-32(19-21-35)23-25-47-44(55)38(27-34-28-50(3)39-17-11-10-16-36(34)39)49-37(26-33-14-8-5-9-15-33)43(54)46-24-22-31-12-6-4-7-13-31/h4-21,23,25,28-29,37-38,40-42,45,49,52-53H,22,24,26-27H2,1-3H3,(H,46,54)(H,47,55)(H,48,51)/t29-,37-,38+,40+,41+,42-,45+/m1/s1. The van der Waals surface area contributed by atoms with E-state index in [1.807, 2.05) is 103 Å². The van der Waals surface area contributed by atoms with Gasteiger partial charge in [-0.15, -0.1) is 0 Å². The second kappa shape index (κ2) is 19.4. The van der Waals surface area contributed by atoms with Crippen LogP contribution in [-0.4, -0.2) is 81.8 Å². The van der Waals surface area contributed by atoms with Gasteiger partial charge < -0.3 is 40.2 Å². The summed E-state index contributed by atoms with van der Waals surface area (Å²) in [6.45, 7) is 3.47. The fraction of sp³-hybridized carbons (Fsp3) is 0.311. The number of fused-ring (bicyclic) bond motifs is 1. The lowest BCUT2D eigenvalue weighted by Crippen LogP contribution is -2.63. The van der Waals surface area contributed by atoms with Crippen molar-refractivity contribution in [1.82, 2.24) is 25.8 Å². The van der Waals surface area contributed by atoms with Gasteiger partial charge in [0.2, 0.25) is 24.0 Å². The zero-order chi connectivity index (χ0) is 40.3. The Bertz CT molecular complexity index is 2120. The van der Waals surface area contributed by atoms with Crippen molar-refractivity contribution in [3.63, 3.8) is 0 Å². The number of hydrogen-bond acceptors (Lipinski definition) is 8. The summed E-state index contributed by atoms with van der Waals surface area (Å²) in [5.41, 5.74) is 4.86. The first-order valence-electron chi connectivity index (χ1n) is 19.2. The first-order chi connectivity index (χ1) is 27.5. The number of benzene rings is 4. The normalized spacial score (nSPS) is 20.5. The Morgan fingerprint density at radius 2 is 1.47 bits per heavy atom. The van der Waals surface area contributed by atoms with E-state index in [1.54, 1.807) is 43.5 Å². The van der Waals surface area contributed by atoms with Crippen LogP contribution < -0.4 is 26.0 Å². The smallest absolute Gasteiger partial charge is 0.241 e. The number of nitrogens with one attached hydrogen (secondary N) is 4. The van der Waals surface area contributed by atoms with Crippen LogP contribution in [0.25, 0.3) is 17.0 Å². The molecule has 0 aliphatic carbocycles. The van der Waals surface area contributed by atoms with Gasteiger partial charge in [-0.3, -0.25) is 19.7 Å². The number of aliphatic hydroxyl groups excluding tert-OH is 2. The van der Waals surface area contributed by atoms with Crippen molar-refractivity contribution in [1.29, 1.82) is 0 Å². The second-order valence-corrected chi connectivity index (χ2v) is 14.4. The van der Waals surface area contributed by atoms with Crippen molar-refractivity contribution in [3.05, 3.63) is 144 Å². The molecule has 4 aromatic carbocycles. The zero-order valence-electron chi connectivity index (χ0n) is 32.4. The number of carbonyl (C=O) groups excluding carboxylic acids is 3. The quantitative estimate of drug-likeness (QED) is 0.0883. The number of aliphatic hydroxyl groups is 2.